The second-order valence-electron chi connectivity index (χ2n) is 8.88. The number of aromatic nitrogens is 4. The van der Waals surface area contributed by atoms with Gasteiger partial charge in [-0.05, 0) is 57.7 Å². The average molecular weight is 451 g/mol. The lowest BCUT2D eigenvalue weighted by Gasteiger charge is -2.20. The van der Waals surface area contributed by atoms with Crippen LogP contribution >= 0.6 is 11.8 Å². The van der Waals surface area contributed by atoms with E-state index in [4.69, 9.17) is 9.47 Å². The number of fused-ring (bicyclic) bond motifs is 1. The Morgan fingerprint density at radius 3 is 2.59 bits per heavy atom. The van der Waals surface area contributed by atoms with E-state index in [2.05, 4.69) is 19.3 Å². The Morgan fingerprint density at radius 2 is 1.84 bits per heavy atom. The molecule has 0 amide bonds. The van der Waals surface area contributed by atoms with E-state index >= 15 is 0 Å². The minimum absolute atomic E-state index is 0.116. The van der Waals surface area contributed by atoms with Gasteiger partial charge < -0.3 is 18.6 Å². The Hall–Kier alpha value is -2.74. The van der Waals surface area contributed by atoms with Gasteiger partial charge in [0.1, 0.15) is 19.0 Å². The van der Waals surface area contributed by atoms with Crippen molar-refractivity contribution >= 4 is 17.5 Å². The van der Waals surface area contributed by atoms with Gasteiger partial charge in [-0.2, -0.15) is 0 Å². The molecule has 3 aliphatic rings. The molecule has 0 saturated heterocycles. The summed E-state index contributed by atoms with van der Waals surface area (Å²) in [6.07, 6.45) is 4.80. The van der Waals surface area contributed by atoms with Crippen LogP contribution in [0.15, 0.2) is 29.4 Å². The summed E-state index contributed by atoms with van der Waals surface area (Å²) in [7, 11) is 0. The molecule has 2 fully saturated rings. The van der Waals surface area contributed by atoms with Gasteiger partial charge in [0.2, 0.25) is 0 Å². The van der Waals surface area contributed by atoms with Crippen LogP contribution < -0.4 is 9.47 Å². The largest absolute Gasteiger partial charge is 0.486 e. The lowest BCUT2D eigenvalue weighted by Crippen LogP contribution is -2.15. The number of hydrogen-bond donors (Lipinski definition) is 0. The van der Waals surface area contributed by atoms with Crippen molar-refractivity contribution in [3.63, 3.8) is 0 Å². The van der Waals surface area contributed by atoms with Crippen molar-refractivity contribution in [1.82, 2.24) is 19.3 Å². The summed E-state index contributed by atoms with van der Waals surface area (Å²) in [5, 5.41) is 9.78. The summed E-state index contributed by atoms with van der Waals surface area (Å²) in [5.41, 5.74) is 3.68. The third kappa shape index (κ3) is 3.50. The zero-order valence-electron chi connectivity index (χ0n) is 18.3. The van der Waals surface area contributed by atoms with Crippen LogP contribution in [0.2, 0.25) is 0 Å². The predicted molar refractivity (Wildman–Crippen MR) is 122 cm³/mol. The molecule has 32 heavy (non-hydrogen) atoms. The monoisotopic (exact) mass is 450 g/mol. The number of ketones is 1. The van der Waals surface area contributed by atoms with E-state index in [0.29, 0.717) is 30.9 Å². The average Bonchev–Trinajstić information content (AvgIpc) is 3.74. The highest BCUT2D eigenvalue weighted by Gasteiger charge is 2.36. The van der Waals surface area contributed by atoms with Crippen LogP contribution in [0.5, 0.6) is 11.5 Å². The molecule has 2 aliphatic carbocycles. The highest BCUT2D eigenvalue weighted by atomic mass is 32.2. The first kappa shape index (κ1) is 19.9. The quantitative estimate of drug-likeness (QED) is 0.386. The Labute approximate surface area is 191 Å². The van der Waals surface area contributed by atoms with Crippen LogP contribution in [-0.4, -0.2) is 44.1 Å². The Kier molecular flexibility index (Phi) is 4.78. The van der Waals surface area contributed by atoms with Gasteiger partial charge in [0, 0.05) is 40.7 Å². The molecule has 0 N–H and O–H groups in total. The number of thioether (sulfide) groups is 1. The number of Topliss-reactive ketones (excluding diaryl/α,β-unsaturated/α-hetero) is 1. The van der Waals surface area contributed by atoms with Crippen LogP contribution in [0.25, 0.3) is 5.69 Å². The molecule has 166 valence electrons. The molecule has 3 heterocycles. The first-order valence-electron chi connectivity index (χ1n) is 11.3. The maximum Gasteiger partial charge on any atom is 0.191 e. The highest BCUT2D eigenvalue weighted by molar-refractivity contribution is 7.99. The minimum atomic E-state index is 0.116. The summed E-state index contributed by atoms with van der Waals surface area (Å²) in [5.74, 6) is 3.68. The lowest BCUT2D eigenvalue weighted by molar-refractivity contribution is 0.102. The summed E-state index contributed by atoms with van der Waals surface area (Å²) < 4.78 is 15.8. The maximum atomic E-state index is 13.2. The first-order chi connectivity index (χ1) is 15.6. The van der Waals surface area contributed by atoms with Crippen molar-refractivity contribution in [2.75, 3.05) is 19.0 Å². The van der Waals surface area contributed by atoms with Crippen molar-refractivity contribution in [2.24, 2.45) is 0 Å². The molecule has 6 rings (SSSR count). The van der Waals surface area contributed by atoms with Crippen molar-refractivity contribution in [3.05, 3.63) is 47.0 Å². The topological polar surface area (TPSA) is 71.2 Å². The molecule has 7 nitrogen and oxygen atoms in total. The van der Waals surface area contributed by atoms with Crippen LogP contribution in [0, 0.1) is 13.8 Å². The number of carbonyl (C=O) groups excluding carboxylic acids is 1. The lowest BCUT2D eigenvalue weighted by atomic mass is 10.2. The Balaban J connectivity index is 1.23. The second-order valence-corrected chi connectivity index (χ2v) is 9.82. The van der Waals surface area contributed by atoms with E-state index < -0.39 is 0 Å². The molecule has 0 spiro atoms. The van der Waals surface area contributed by atoms with Crippen LogP contribution in [0.4, 0.5) is 0 Å². The fourth-order valence-electron chi connectivity index (χ4n) is 4.50. The number of ether oxygens (including phenoxy) is 2. The van der Waals surface area contributed by atoms with Gasteiger partial charge in [-0.1, -0.05) is 11.8 Å². The molecule has 0 radical (unpaired) electrons. The van der Waals surface area contributed by atoms with Gasteiger partial charge in [-0.25, -0.2) is 0 Å². The molecule has 0 bridgehead atoms. The molecule has 2 aromatic heterocycles. The van der Waals surface area contributed by atoms with Gasteiger partial charge >= 0.3 is 0 Å². The molecule has 3 aromatic rings. The SMILES string of the molecule is Cc1cc(C(=O)CSc2nnc(C3CC3)n2C2CC2)c(C)n1-c1ccc2c(c1)OCCO2. The van der Waals surface area contributed by atoms with Crippen LogP contribution in [0.3, 0.4) is 0 Å². The normalized spacial score (nSPS) is 17.6. The zero-order valence-corrected chi connectivity index (χ0v) is 19.2. The van der Waals surface area contributed by atoms with Gasteiger partial charge in [0.05, 0.1) is 5.75 Å². The van der Waals surface area contributed by atoms with E-state index in [1.54, 1.807) is 0 Å². The molecule has 1 aromatic carbocycles. The van der Waals surface area contributed by atoms with Gasteiger partial charge in [-0.3, -0.25) is 4.79 Å². The predicted octanol–water partition coefficient (Wildman–Crippen LogP) is 4.64. The molecular weight excluding hydrogens is 424 g/mol. The van der Waals surface area contributed by atoms with E-state index in [1.165, 1.54) is 37.4 Å². The van der Waals surface area contributed by atoms with Crippen molar-refractivity contribution in [1.29, 1.82) is 0 Å². The van der Waals surface area contributed by atoms with E-state index in [9.17, 15) is 4.79 Å². The molecule has 8 heteroatoms. The number of aryl methyl sites for hydroxylation is 1. The first-order valence-corrected chi connectivity index (χ1v) is 12.3. The third-order valence-electron chi connectivity index (χ3n) is 6.39. The van der Waals surface area contributed by atoms with E-state index in [1.807, 2.05) is 38.1 Å². The molecular formula is C24H26N4O3S. The Morgan fingerprint density at radius 1 is 1.06 bits per heavy atom. The standard InChI is InChI=1S/C24H26N4O3S/c1-14-11-19(15(2)27(14)18-7-8-21-22(12-18)31-10-9-30-21)20(29)13-32-24-26-25-23(16-3-4-16)28(24)17-5-6-17/h7-8,11-12,16-17H,3-6,9-10,13H2,1-2H3. The molecule has 1 aliphatic heterocycles. The van der Waals surface area contributed by atoms with Crippen LogP contribution in [-0.2, 0) is 0 Å². The fraction of sp³-hybridized carbons (Fsp3) is 0.458. The van der Waals surface area contributed by atoms with Crippen molar-refractivity contribution in [3.8, 4) is 17.2 Å². The number of rotatable bonds is 7. The third-order valence-corrected chi connectivity index (χ3v) is 7.34. The fourth-order valence-corrected chi connectivity index (χ4v) is 5.40. The molecule has 2 saturated carbocycles. The zero-order chi connectivity index (χ0) is 21.8. The second kappa shape index (κ2) is 7.69. The number of benzene rings is 1. The molecule has 0 atom stereocenters. The number of carbonyl (C=O) groups is 1. The minimum Gasteiger partial charge on any atom is -0.486 e. The highest BCUT2D eigenvalue weighted by Crippen LogP contribution is 2.46. The van der Waals surface area contributed by atoms with Crippen molar-refractivity contribution in [2.45, 2.75) is 56.6 Å². The smallest absolute Gasteiger partial charge is 0.191 e. The van der Waals surface area contributed by atoms with Crippen LogP contribution in [0.1, 0.15) is 65.2 Å². The van der Waals surface area contributed by atoms with Gasteiger partial charge in [0.25, 0.3) is 0 Å². The number of hydrogen-bond acceptors (Lipinski definition) is 6. The molecule has 0 unspecified atom stereocenters. The summed E-state index contributed by atoms with van der Waals surface area (Å²) in [4.78, 5) is 13.2. The van der Waals surface area contributed by atoms with E-state index in [-0.39, 0.29) is 5.78 Å². The van der Waals surface area contributed by atoms with Gasteiger partial charge in [0.15, 0.2) is 22.4 Å². The summed E-state index contributed by atoms with van der Waals surface area (Å²) in [6.45, 7) is 5.15. The maximum absolute atomic E-state index is 13.2. The summed E-state index contributed by atoms with van der Waals surface area (Å²) >= 11 is 1.52. The van der Waals surface area contributed by atoms with Crippen molar-refractivity contribution < 1.29 is 14.3 Å². The Bertz CT molecular complexity index is 1210. The summed E-state index contributed by atoms with van der Waals surface area (Å²) in [6, 6.07) is 8.43. The number of nitrogens with zero attached hydrogens (tertiary/aromatic N) is 4. The van der Waals surface area contributed by atoms with Gasteiger partial charge in [-0.15, -0.1) is 10.2 Å². The van der Waals surface area contributed by atoms with E-state index in [0.717, 1.165) is 45.1 Å².